The Labute approximate surface area is 179 Å². The molecule has 2 aromatic carbocycles. The van der Waals surface area contributed by atoms with Gasteiger partial charge in [0.15, 0.2) is 5.69 Å². The van der Waals surface area contributed by atoms with E-state index in [-0.39, 0.29) is 11.8 Å². The second-order valence-corrected chi connectivity index (χ2v) is 8.40. The molecule has 3 aromatic rings. The Kier molecular flexibility index (Phi) is 5.51. The highest BCUT2D eigenvalue weighted by molar-refractivity contribution is 9.10. The maximum Gasteiger partial charge on any atom is 0.247 e. The van der Waals surface area contributed by atoms with E-state index < -0.39 is 12.0 Å². The second-order valence-electron chi connectivity index (χ2n) is 6.25. The van der Waals surface area contributed by atoms with Gasteiger partial charge in [-0.15, -0.1) is 10.2 Å². The van der Waals surface area contributed by atoms with E-state index in [1.54, 1.807) is 6.07 Å². The predicted molar refractivity (Wildman–Crippen MR) is 112 cm³/mol. The molecular formula is C20H16BrFN4O2S. The van der Waals surface area contributed by atoms with Crippen LogP contribution in [0, 0.1) is 5.82 Å². The Hall–Kier alpha value is -2.52. The number of anilines is 1. The molecule has 0 unspecified atom stereocenters. The molecule has 1 amide bonds. The van der Waals surface area contributed by atoms with Gasteiger partial charge in [0.05, 0.1) is 5.69 Å². The zero-order valence-electron chi connectivity index (χ0n) is 15.6. The minimum Gasteiger partial charge on any atom is -0.447 e. The van der Waals surface area contributed by atoms with Gasteiger partial charge in [-0.1, -0.05) is 46.7 Å². The SMILES string of the molecule is CCSc1nnc2c(n1)O[C@@H](c1ccc(Br)cc1)N(C(C)=O)c1ccc(F)cc1-2. The molecule has 1 aliphatic rings. The third kappa shape index (κ3) is 3.84. The number of carbonyl (C=O) groups excluding carboxylic acids is 1. The number of nitrogens with zero attached hydrogens (tertiary/aromatic N) is 4. The van der Waals surface area contributed by atoms with E-state index in [4.69, 9.17) is 4.74 Å². The zero-order valence-corrected chi connectivity index (χ0v) is 18.0. The van der Waals surface area contributed by atoms with Gasteiger partial charge in [0.25, 0.3) is 0 Å². The standard InChI is InChI=1S/C20H16BrFN4O2S/c1-3-29-20-23-18-17(24-25-20)15-10-14(22)8-9-16(15)26(11(2)27)19(28-18)12-4-6-13(21)7-5-12/h4-10,19H,3H2,1-2H3/t19-/m0/s1. The summed E-state index contributed by atoms with van der Waals surface area (Å²) in [6.45, 7) is 3.42. The van der Waals surface area contributed by atoms with Crippen LogP contribution in [-0.2, 0) is 4.79 Å². The smallest absolute Gasteiger partial charge is 0.247 e. The van der Waals surface area contributed by atoms with Crippen LogP contribution in [0.5, 0.6) is 5.88 Å². The predicted octanol–water partition coefficient (Wildman–Crippen LogP) is 5.00. The monoisotopic (exact) mass is 474 g/mol. The van der Waals surface area contributed by atoms with Crippen LogP contribution in [0.4, 0.5) is 10.1 Å². The molecule has 0 saturated heterocycles. The summed E-state index contributed by atoms with van der Waals surface area (Å²) in [4.78, 5) is 18.6. The fourth-order valence-corrected chi connectivity index (χ4v) is 3.88. The number of ether oxygens (including phenoxy) is 1. The van der Waals surface area contributed by atoms with Gasteiger partial charge in [0.2, 0.25) is 23.2 Å². The van der Waals surface area contributed by atoms with Gasteiger partial charge in [-0.05, 0) is 36.1 Å². The molecular weight excluding hydrogens is 459 g/mol. The van der Waals surface area contributed by atoms with Crippen molar-refractivity contribution in [3.05, 3.63) is 58.3 Å². The van der Waals surface area contributed by atoms with E-state index in [2.05, 4.69) is 31.1 Å². The van der Waals surface area contributed by atoms with Crippen LogP contribution in [0.15, 0.2) is 52.1 Å². The Morgan fingerprint density at radius 2 is 2.00 bits per heavy atom. The average molecular weight is 475 g/mol. The molecule has 0 bridgehead atoms. The number of hydrogen-bond acceptors (Lipinski definition) is 6. The number of benzene rings is 2. The molecule has 1 aliphatic heterocycles. The first-order valence-corrected chi connectivity index (χ1v) is 10.6. The van der Waals surface area contributed by atoms with E-state index in [0.29, 0.717) is 22.1 Å². The Bertz CT molecular complexity index is 1080. The van der Waals surface area contributed by atoms with Crippen LogP contribution in [0.3, 0.4) is 0 Å². The van der Waals surface area contributed by atoms with Gasteiger partial charge in [-0.3, -0.25) is 9.69 Å². The summed E-state index contributed by atoms with van der Waals surface area (Å²) in [5.74, 6) is 0.268. The molecule has 0 aliphatic carbocycles. The molecule has 148 valence electrons. The molecule has 0 N–H and O–H groups in total. The lowest BCUT2D eigenvalue weighted by atomic mass is 10.1. The van der Waals surface area contributed by atoms with Crippen molar-refractivity contribution in [2.24, 2.45) is 0 Å². The normalized spacial score (nSPS) is 15.2. The highest BCUT2D eigenvalue weighted by atomic mass is 79.9. The van der Waals surface area contributed by atoms with E-state index in [9.17, 15) is 9.18 Å². The Morgan fingerprint density at radius 3 is 2.69 bits per heavy atom. The summed E-state index contributed by atoms with van der Waals surface area (Å²) in [5, 5.41) is 8.82. The van der Waals surface area contributed by atoms with Crippen molar-refractivity contribution >= 4 is 39.3 Å². The number of aromatic nitrogens is 3. The summed E-state index contributed by atoms with van der Waals surface area (Å²) in [6.07, 6.45) is -0.790. The quantitative estimate of drug-likeness (QED) is 0.497. The lowest BCUT2D eigenvalue weighted by Gasteiger charge is -2.29. The van der Waals surface area contributed by atoms with Crippen molar-refractivity contribution in [2.75, 3.05) is 10.7 Å². The molecule has 0 saturated carbocycles. The van der Waals surface area contributed by atoms with Crippen LogP contribution in [0.2, 0.25) is 0 Å². The van der Waals surface area contributed by atoms with Crippen molar-refractivity contribution in [3.8, 4) is 17.1 Å². The number of amides is 1. The third-order valence-electron chi connectivity index (χ3n) is 4.33. The summed E-state index contributed by atoms with van der Waals surface area (Å²) in [6, 6.07) is 11.6. The largest absolute Gasteiger partial charge is 0.447 e. The van der Waals surface area contributed by atoms with Crippen molar-refractivity contribution in [3.63, 3.8) is 0 Å². The van der Waals surface area contributed by atoms with Crippen LogP contribution < -0.4 is 9.64 Å². The van der Waals surface area contributed by atoms with E-state index in [1.165, 1.54) is 35.7 Å². The lowest BCUT2D eigenvalue weighted by Crippen LogP contribution is -2.36. The van der Waals surface area contributed by atoms with Crippen LogP contribution in [-0.4, -0.2) is 26.8 Å². The average Bonchev–Trinajstić information content (AvgIpc) is 2.83. The van der Waals surface area contributed by atoms with Crippen LogP contribution >= 0.6 is 27.7 Å². The number of rotatable bonds is 3. The summed E-state index contributed by atoms with van der Waals surface area (Å²) in [5.41, 5.74) is 1.93. The maximum absolute atomic E-state index is 14.1. The molecule has 1 aromatic heterocycles. The van der Waals surface area contributed by atoms with E-state index in [0.717, 1.165) is 15.8 Å². The molecule has 6 nitrogen and oxygen atoms in total. The zero-order chi connectivity index (χ0) is 20.5. The fourth-order valence-electron chi connectivity index (χ4n) is 3.11. The molecule has 0 fully saturated rings. The second kappa shape index (κ2) is 8.08. The number of thioether (sulfide) groups is 1. The number of halogens is 2. The minimum absolute atomic E-state index is 0.208. The van der Waals surface area contributed by atoms with Gasteiger partial charge < -0.3 is 4.74 Å². The number of carbonyl (C=O) groups is 1. The first kappa shape index (κ1) is 19.8. The fraction of sp³-hybridized carbons (Fsp3) is 0.200. The summed E-state index contributed by atoms with van der Waals surface area (Å²) >= 11 is 4.84. The van der Waals surface area contributed by atoms with Crippen molar-refractivity contribution in [1.82, 2.24) is 15.2 Å². The number of fused-ring (bicyclic) bond motifs is 3. The molecule has 0 spiro atoms. The highest BCUT2D eigenvalue weighted by Crippen LogP contribution is 2.43. The Balaban J connectivity index is 1.96. The van der Waals surface area contributed by atoms with Gasteiger partial charge in [0, 0.05) is 22.5 Å². The maximum atomic E-state index is 14.1. The molecule has 4 rings (SSSR count). The summed E-state index contributed by atoms with van der Waals surface area (Å²) in [7, 11) is 0. The van der Waals surface area contributed by atoms with Crippen LogP contribution in [0.1, 0.15) is 25.6 Å². The van der Waals surface area contributed by atoms with Gasteiger partial charge >= 0.3 is 0 Å². The highest BCUT2D eigenvalue weighted by Gasteiger charge is 2.34. The van der Waals surface area contributed by atoms with Gasteiger partial charge in [-0.25, -0.2) is 4.39 Å². The van der Waals surface area contributed by atoms with Crippen molar-refractivity contribution in [2.45, 2.75) is 25.2 Å². The minimum atomic E-state index is -0.790. The van der Waals surface area contributed by atoms with E-state index in [1.807, 2.05) is 31.2 Å². The van der Waals surface area contributed by atoms with Crippen molar-refractivity contribution in [1.29, 1.82) is 0 Å². The Morgan fingerprint density at radius 1 is 1.24 bits per heavy atom. The van der Waals surface area contributed by atoms with Crippen molar-refractivity contribution < 1.29 is 13.9 Å². The number of hydrogen-bond donors (Lipinski definition) is 0. The van der Waals surface area contributed by atoms with Crippen LogP contribution in [0.25, 0.3) is 11.3 Å². The molecule has 1 atom stereocenters. The first-order chi connectivity index (χ1) is 14.0. The molecule has 0 radical (unpaired) electrons. The molecule has 2 heterocycles. The van der Waals surface area contributed by atoms with E-state index >= 15 is 0 Å². The van der Waals surface area contributed by atoms with Gasteiger partial charge in [0.1, 0.15) is 5.82 Å². The summed E-state index contributed by atoms with van der Waals surface area (Å²) < 4.78 is 21.2. The third-order valence-corrected chi connectivity index (χ3v) is 5.58. The van der Waals surface area contributed by atoms with Gasteiger partial charge in [-0.2, -0.15) is 4.98 Å². The topological polar surface area (TPSA) is 68.2 Å². The molecule has 29 heavy (non-hydrogen) atoms. The molecule has 9 heteroatoms. The lowest BCUT2D eigenvalue weighted by molar-refractivity contribution is -0.118. The first-order valence-electron chi connectivity index (χ1n) is 8.87.